The standard InChI is InChI=1S/C9H11NO4.C5H9NO2.C4H3ClO2.Na.2H2O/c1-2-6-14-9(13)10-5-3-4-7(10)8(11)12;7-5(8)4-2-1-3-6-4;1-2-3-7-4(5)6;;;/h1,7H,3-6H2,(H,11,12);4,6H,1-3H2,(H,7,8);1H,3H2;;2*1H2/q;;;+1;;/p-1/t7-;4-;;;;/m11..../s1. The van der Waals surface area contributed by atoms with Gasteiger partial charge in [-0.15, -0.1) is 12.8 Å². The van der Waals surface area contributed by atoms with Crippen LogP contribution in [0.4, 0.5) is 9.59 Å². The minimum Gasteiger partial charge on any atom is -0.870 e. The van der Waals surface area contributed by atoms with Gasteiger partial charge in [-0.3, -0.25) is 9.69 Å². The number of halogens is 1. The maximum Gasteiger partial charge on any atom is 1.00 e. The van der Waals surface area contributed by atoms with Crippen LogP contribution >= 0.6 is 11.6 Å². The van der Waals surface area contributed by atoms with E-state index in [0.717, 1.165) is 19.4 Å². The monoisotopic (exact) mass is 488 g/mol. The van der Waals surface area contributed by atoms with E-state index in [2.05, 4.69) is 26.6 Å². The van der Waals surface area contributed by atoms with E-state index in [1.807, 2.05) is 0 Å². The van der Waals surface area contributed by atoms with E-state index >= 15 is 0 Å². The minimum atomic E-state index is -1.000. The molecule has 14 heteroatoms. The number of nitrogens with zero attached hydrogens (tertiary/aromatic N) is 1. The Balaban J connectivity index is -0.000000189. The fraction of sp³-hybridized carbons (Fsp3) is 0.556. The molecular formula is C18H26ClN2NaO10. The molecule has 2 aliphatic rings. The van der Waals surface area contributed by atoms with Gasteiger partial charge in [0.05, 0.1) is 0 Å². The number of aliphatic carboxylic acids is 2. The molecule has 0 aromatic carbocycles. The van der Waals surface area contributed by atoms with Gasteiger partial charge in [-0.1, -0.05) is 11.8 Å². The third kappa shape index (κ3) is 16.6. The van der Waals surface area contributed by atoms with Crippen LogP contribution in [0, 0.1) is 24.7 Å². The molecule has 2 saturated heterocycles. The van der Waals surface area contributed by atoms with Crippen molar-refractivity contribution in [3.63, 3.8) is 0 Å². The Bertz CT molecular complexity index is 659. The summed E-state index contributed by atoms with van der Waals surface area (Å²) in [5.74, 6) is 2.50. The summed E-state index contributed by atoms with van der Waals surface area (Å²) in [6.07, 6.45) is 11.9. The number of ether oxygens (including phenoxy) is 2. The molecule has 0 bridgehead atoms. The smallest absolute Gasteiger partial charge is 0.870 e. The average molecular weight is 489 g/mol. The summed E-state index contributed by atoms with van der Waals surface area (Å²) in [6, 6.07) is -1.03. The third-order valence-corrected chi connectivity index (χ3v) is 3.79. The molecule has 2 fully saturated rings. The van der Waals surface area contributed by atoms with Crippen LogP contribution in [-0.2, 0) is 19.1 Å². The number of likely N-dealkylation sites (tertiary alicyclic amines) is 1. The van der Waals surface area contributed by atoms with Gasteiger partial charge in [0.25, 0.3) is 0 Å². The van der Waals surface area contributed by atoms with E-state index in [0.29, 0.717) is 19.4 Å². The Morgan fingerprint density at radius 1 is 1.03 bits per heavy atom. The summed E-state index contributed by atoms with van der Waals surface area (Å²) in [4.78, 5) is 42.9. The van der Waals surface area contributed by atoms with Crippen molar-refractivity contribution in [1.29, 1.82) is 0 Å². The molecule has 6 N–H and O–H groups in total. The molecule has 2 rings (SSSR count). The van der Waals surface area contributed by atoms with Gasteiger partial charge >= 0.3 is 53.0 Å². The van der Waals surface area contributed by atoms with E-state index in [9.17, 15) is 19.2 Å². The van der Waals surface area contributed by atoms with Crippen LogP contribution in [0.25, 0.3) is 0 Å². The first-order valence-corrected chi connectivity index (χ1v) is 8.93. The molecule has 0 unspecified atom stereocenters. The number of hydrogen-bond donors (Lipinski definition) is 3. The number of nitrogens with one attached hydrogen (secondary N) is 1. The number of rotatable bonds is 4. The van der Waals surface area contributed by atoms with Crippen molar-refractivity contribution < 1.29 is 79.4 Å². The van der Waals surface area contributed by atoms with Gasteiger partial charge in [0.2, 0.25) is 0 Å². The van der Waals surface area contributed by atoms with Crippen molar-refractivity contribution in [3.8, 4) is 24.7 Å². The first kappa shape index (κ1) is 37.3. The van der Waals surface area contributed by atoms with Crippen LogP contribution in [0.3, 0.4) is 0 Å². The predicted molar refractivity (Wildman–Crippen MR) is 108 cm³/mol. The zero-order valence-electron chi connectivity index (χ0n) is 17.6. The van der Waals surface area contributed by atoms with E-state index < -0.39 is 29.5 Å². The van der Waals surface area contributed by atoms with E-state index in [4.69, 9.17) is 34.7 Å². The second-order valence-corrected chi connectivity index (χ2v) is 5.97. The molecule has 2 aliphatic heterocycles. The predicted octanol–water partition coefficient (Wildman–Crippen LogP) is -2.87. The fourth-order valence-corrected chi connectivity index (χ4v) is 2.48. The molecule has 32 heavy (non-hydrogen) atoms. The number of hydrogen-bond acceptors (Lipinski definition) is 8. The Hall–Kier alpha value is -2.03. The first-order chi connectivity index (χ1) is 13.7. The van der Waals surface area contributed by atoms with Gasteiger partial charge in [-0.25, -0.2) is 14.4 Å². The molecule has 1 amide bonds. The molecule has 0 aromatic rings. The number of terminal acetylenes is 2. The van der Waals surface area contributed by atoms with Gasteiger partial charge in [-0.05, 0) is 32.2 Å². The van der Waals surface area contributed by atoms with Crippen LogP contribution in [0.2, 0.25) is 0 Å². The SMILES string of the molecule is C#CCOC(=O)Cl.C#CCOC(=O)N1CCC[C@@H]1C(=O)O.O.O=C(O)[C@H]1CCCN1.[Na+].[OH-]. The summed E-state index contributed by atoms with van der Waals surface area (Å²) < 4.78 is 8.72. The second-order valence-electron chi connectivity index (χ2n) is 5.67. The molecule has 0 spiro atoms. The van der Waals surface area contributed by atoms with Crippen LogP contribution < -0.4 is 34.9 Å². The van der Waals surface area contributed by atoms with Gasteiger partial charge in [-0.2, -0.15) is 0 Å². The zero-order chi connectivity index (χ0) is 22.2. The normalized spacial score (nSPS) is 17.4. The fourth-order valence-electron chi connectivity index (χ4n) is 2.42. The molecule has 0 aliphatic carbocycles. The molecule has 176 valence electrons. The van der Waals surface area contributed by atoms with Crippen molar-refractivity contribution in [2.24, 2.45) is 0 Å². The number of carboxylic acids is 2. The quantitative estimate of drug-likeness (QED) is 0.209. The molecule has 0 saturated carbocycles. The second kappa shape index (κ2) is 22.2. The van der Waals surface area contributed by atoms with Gasteiger partial charge in [0.15, 0.2) is 13.2 Å². The van der Waals surface area contributed by atoms with E-state index in [1.165, 1.54) is 4.90 Å². The van der Waals surface area contributed by atoms with Crippen molar-refractivity contribution in [2.45, 2.75) is 37.8 Å². The van der Waals surface area contributed by atoms with Crippen molar-refractivity contribution in [2.75, 3.05) is 26.3 Å². The largest absolute Gasteiger partial charge is 1.00 e. The Labute approximate surface area is 212 Å². The number of carbonyl (C=O) groups is 4. The van der Waals surface area contributed by atoms with Gasteiger partial charge < -0.3 is 36.0 Å². The van der Waals surface area contributed by atoms with Gasteiger partial charge in [0.1, 0.15) is 12.1 Å². The number of carboxylic acid groups (broad SMARTS) is 2. The third-order valence-electron chi connectivity index (χ3n) is 3.68. The maximum atomic E-state index is 11.3. The average Bonchev–Trinajstić information content (AvgIpc) is 3.37. The Kier molecular flexibility index (Phi) is 25.8. The Morgan fingerprint density at radius 2 is 1.59 bits per heavy atom. The summed E-state index contributed by atoms with van der Waals surface area (Å²) in [7, 11) is 0. The van der Waals surface area contributed by atoms with Crippen LogP contribution in [0.15, 0.2) is 0 Å². The molecule has 2 heterocycles. The molecular weight excluding hydrogens is 463 g/mol. The summed E-state index contributed by atoms with van der Waals surface area (Å²) in [5, 5.41) is 20.0. The zero-order valence-corrected chi connectivity index (χ0v) is 20.3. The summed E-state index contributed by atoms with van der Waals surface area (Å²) >= 11 is 4.70. The molecule has 2 atom stereocenters. The van der Waals surface area contributed by atoms with Crippen LogP contribution in [0.1, 0.15) is 25.7 Å². The Morgan fingerprint density at radius 3 is 1.94 bits per heavy atom. The maximum absolute atomic E-state index is 11.3. The van der Waals surface area contributed by atoms with Gasteiger partial charge in [0, 0.05) is 18.1 Å². The van der Waals surface area contributed by atoms with Crippen LogP contribution in [-0.4, -0.2) is 87.9 Å². The van der Waals surface area contributed by atoms with Crippen molar-refractivity contribution in [1.82, 2.24) is 10.2 Å². The van der Waals surface area contributed by atoms with Crippen molar-refractivity contribution >= 4 is 35.1 Å². The van der Waals surface area contributed by atoms with E-state index in [-0.39, 0.29) is 59.8 Å². The summed E-state index contributed by atoms with van der Waals surface area (Å²) in [5.41, 5.74) is -0.863. The first-order valence-electron chi connectivity index (χ1n) is 8.56. The number of amides is 1. The summed E-state index contributed by atoms with van der Waals surface area (Å²) in [6.45, 7) is 1.10. The molecule has 12 nitrogen and oxygen atoms in total. The van der Waals surface area contributed by atoms with Crippen molar-refractivity contribution in [3.05, 3.63) is 0 Å². The molecule has 0 aromatic heterocycles. The molecule has 0 radical (unpaired) electrons. The van der Waals surface area contributed by atoms with E-state index in [1.54, 1.807) is 0 Å². The number of carbonyl (C=O) groups excluding carboxylic acids is 2. The topological polar surface area (TPSA) is 204 Å². The minimum absolute atomic E-state index is 0. The van der Waals surface area contributed by atoms with Crippen LogP contribution in [0.5, 0.6) is 0 Å².